The fourth-order valence-corrected chi connectivity index (χ4v) is 2.36. The second-order valence-electron chi connectivity index (χ2n) is 5.26. The Bertz CT molecular complexity index is 956. The summed E-state index contributed by atoms with van der Waals surface area (Å²) in [7, 11) is 0. The van der Waals surface area contributed by atoms with E-state index in [9.17, 15) is 22.4 Å². The van der Waals surface area contributed by atoms with Gasteiger partial charge in [0, 0.05) is 11.5 Å². The smallest absolute Gasteiger partial charge is 0.387 e. The van der Waals surface area contributed by atoms with Crippen LogP contribution in [0, 0.1) is 0 Å². The van der Waals surface area contributed by atoms with Crippen LogP contribution in [0.25, 0.3) is 11.0 Å². The highest BCUT2D eigenvalue weighted by Crippen LogP contribution is 2.35. The van der Waals surface area contributed by atoms with Gasteiger partial charge in [-0.2, -0.15) is 8.78 Å². The summed E-state index contributed by atoms with van der Waals surface area (Å²) in [6, 6.07) is 9.56. The molecule has 1 heterocycles. The minimum atomic E-state index is -3.27. The van der Waals surface area contributed by atoms with E-state index in [1.807, 2.05) is 0 Å². The summed E-state index contributed by atoms with van der Waals surface area (Å²) in [5, 5.41) is 2.66. The molecule has 3 N–H and O–H groups in total. The third-order valence-corrected chi connectivity index (χ3v) is 3.53. The zero-order valence-corrected chi connectivity index (χ0v) is 13.0. The highest BCUT2D eigenvalue weighted by Gasteiger charge is 2.21. The summed E-state index contributed by atoms with van der Waals surface area (Å²) in [6.07, 6.45) is -3.04. The van der Waals surface area contributed by atoms with Crippen molar-refractivity contribution in [3.63, 3.8) is 0 Å². The monoisotopic (exact) mass is 368 g/mol. The molecule has 3 rings (SSSR count). The van der Waals surface area contributed by atoms with Crippen LogP contribution in [0.3, 0.4) is 0 Å². The zero-order chi connectivity index (χ0) is 18.8. The van der Waals surface area contributed by atoms with Gasteiger partial charge in [0.15, 0.2) is 5.76 Å². The van der Waals surface area contributed by atoms with Crippen LogP contribution in [0.4, 0.5) is 28.9 Å². The van der Waals surface area contributed by atoms with Crippen LogP contribution in [-0.4, -0.2) is 12.5 Å². The van der Waals surface area contributed by atoms with E-state index in [1.54, 1.807) is 24.3 Å². The number of hydrogen-bond donors (Lipinski definition) is 2. The number of nitrogen functional groups attached to an aromatic ring is 1. The third kappa shape index (κ3) is 3.56. The van der Waals surface area contributed by atoms with Gasteiger partial charge in [0.25, 0.3) is 12.3 Å². The van der Waals surface area contributed by atoms with Crippen molar-refractivity contribution in [2.24, 2.45) is 0 Å². The van der Waals surface area contributed by atoms with Crippen molar-refractivity contribution < 1.29 is 31.5 Å². The van der Waals surface area contributed by atoms with Crippen molar-refractivity contribution in [3.05, 3.63) is 53.8 Å². The van der Waals surface area contributed by atoms with Crippen molar-refractivity contribution in [1.29, 1.82) is 0 Å². The molecule has 9 heteroatoms. The molecule has 0 atom stereocenters. The number of anilines is 2. The van der Waals surface area contributed by atoms with E-state index < -0.39 is 30.3 Å². The molecule has 26 heavy (non-hydrogen) atoms. The molecule has 0 aliphatic rings. The van der Waals surface area contributed by atoms with E-state index in [2.05, 4.69) is 10.1 Å². The number of fused-ring (bicyclic) bond motifs is 1. The molecule has 5 nitrogen and oxygen atoms in total. The molecule has 0 aliphatic heterocycles. The van der Waals surface area contributed by atoms with E-state index in [0.29, 0.717) is 11.4 Å². The topological polar surface area (TPSA) is 77.5 Å². The summed E-state index contributed by atoms with van der Waals surface area (Å²) < 4.78 is 60.3. The fraction of sp³-hybridized carbons (Fsp3) is 0.118. The number of furan rings is 1. The molecule has 0 aliphatic carbocycles. The predicted octanol–water partition coefficient (Wildman–Crippen LogP) is 4.81. The molecular weight excluding hydrogens is 356 g/mol. The Labute approximate surface area is 144 Å². The van der Waals surface area contributed by atoms with Crippen LogP contribution in [-0.2, 0) is 0 Å². The van der Waals surface area contributed by atoms with E-state index in [-0.39, 0.29) is 16.7 Å². The van der Waals surface area contributed by atoms with E-state index in [1.165, 1.54) is 6.07 Å². The molecule has 0 bridgehead atoms. The number of para-hydroxylation sites is 2. The third-order valence-electron chi connectivity index (χ3n) is 3.53. The number of ether oxygens (including phenoxy) is 1. The Morgan fingerprint density at radius 3 is 2.50 bits per heavy atom. The van der Waals surface area contributed by atoms with E-state index in [0.717, 1.165) is 12.1 Å². The number of nitrogens with two attached hydrogens (primary N) is 1. The number of halogens is 4. The zero-order valence-electron chi connectivity index (χ0n) is 13.0. The molecule has 0 unspecified atom stereocenters. The lowest BCUT2D eigenvalue weighted by Gasteiger charge is -2.09. The van der Waals surface area contributed by atoms with E-state index >= 15 is 0 Å². The lowest BCUT2D eigenvalue weighted by atomic mass is 10.1. The Balaban J connectivity index is 1.95. The van der Waals surface area contributed by atoms with Crippen LogP contribution in [0.5, 0.6) is 5.75 Å². The summed E-state index contributed by atoms with van der Waals surface area (Å²) >= 11 is 0. The number of rotatable bonds is 5. The van der Waals surface area contributed by atoms with Crippen molar-refractivity contribution in [2.45, 2.75) is 13.0 Å². The van der Waals surface area contributed by atoms with Crippen molar-refractivity contribution in [2.75, 3.05) is 11.1 Å². The standard InChI is InChI=1S/C17H12F4N2O3/c18-15(19)9-5-8-6-14(25-12(8)7-13(9)26-17(20)21)16(24)23-11-4-2-1-3-10(11)22/h1-7,15,17H,22H2,(H,23,24). The van der Waals surface area contributed by atoms with Gasteiger partial charge in [0.2, 0.25) is 0 Å². The van der Waals surface area contributed by atoms with Gasteiger partial charge in [-0.1, -0.05) is 12.1 Å². The van der Waals surface area contributed by atoms with Crippen LogP contribution < -0.4 is 15.8 Å². The van der Waals surface area contributed by atoms with Gasteiger partial charge in [-0.3, -0.25) is 4.79 Å². The van der Waals surface area contributed by atoms with E-state index in [4.69, 9.17) is 10.2 Å². The largest absolute Gasteiger partial charge is 0.451 e. The summed E-state index contributed by atoms with van der Waals surface area (Å²) in [5.41, 5.74) is 5.62. The molecule has 136 valence electrons. The first-order valence-corrected chi connectivity index (χ1v) is 7.31. The average Bonchev–Trinajstić information content (AvgIpc) is 2.98. The van der Waals surface area contributed by atoms with Gasteiger partial charge in [-0.15, -0.1) is 0 Å². The van der Waals surface area contributed by atoms with Crippen LogP contribution >= 0.6 is 0 Å². The minimum Gasteiger partial charge on any atom is -0.451 e. The lowest BCUT2D eigenvalue weighted by Crippen LogP contribution is -2.12. The Hall–Kier alpha value is -3.23. The Kier molecular flexibility index (Phi) is 4.70. The van der Waals surface area contributed by atoms with Crippen LogP contribution in [0.2, 0.25) is 0 Å². The highest BCUT2D eigenvalue weighted by atomic mass is 19.3. The number of carbonyl (C=O) groups is 1. The second-order valence-corrected chi connectivity index (χ2v) is 5.26. The number of benzene rings is 2. The Morgan fingerprint density at radius 2 is 1.85 bits per heavy atom. The molecular formula is C17H12F4N2O3. The Morgan fingerprint density at radius 1 is 1.12 bits per heavy atom. The summed E-state index contributed by atoms with van der Waals surface area (Å²) in [4.78, 5) is 12.3. The molecule has 2 aromatic carbocycles. The predicted molar refractivity (Wildman–Crippen MR) is 86.6 cm³/mol. The summed E-state index contributed by atoms with van der Waals surface area (Å²) in [5.74, 6) is -1.58. The molecule has 0 saturated carbocycles. The average molecular weight is 368 g/mol. The normalized spacial score (nSPS) is 11.3. The molecule has 3 aromatic rings. The maximum absolute atomic E-state index is 13.1. The molecule has 1 amide bonds. The number of alkyl halides is 4. The van der Waals surface area contributed by atoms with Crippen molar-refractivity contribution >= 4 is 28.3 Å². The number of hydrogen-bond acceptors (Lipinski definition) is 4. The van der Waals surface area contributed by atoms with Crippen molar-refractivity contribution in [1.82, 2.24) is 0 Å². The molecule has 0 fully saturated rings. The minimum absolute atomic E-state index is 0.0452. The maximum atomic E-state index is 13.1. The molecule has 0 radical (unpaired) electrons. The highest BCUT2D eigenvalue weighted by molar-refractivity contribution is 6.06. The first-order chi connectivity index (χ1) is 12.3. The first-order valence-electron chi connectivity index (χ1n) is 7.31. The van der Waals surface area contributed by atoms with Gasteiger partial charge >= 0.3 is 6.61 Å². The quantitative estimate of drug-likeness (QED) is 0.501. The first kappa shape index (κ1) is 17.6. The lowest BCUT2D eigenvalue weighted by molar-refractivity contribution is -0.0519. The molecule has 1 aromatic heterocycles. The number of nitrogens with one attached hydrogen (secondary N) is 1. The second kappa shape index (κ2) is 6.95. The van der Waals surface area contributed by atoms with Crippen LogP contribution in [0.15, 0.2) is 46.9 Å². The van der Waals surface area contributed by atoms with Gasteiger partial charge in [-0.25, -0.2) is 8.78 Å². The van der Waals surface area contributed by atoms with Crippen LogP contribution in [0.1, 0.15) is 22.5 Å². The maximum Gasteiger partial charge on any atom is 0.387 e. The van der Waals surface area contributed by atoms with Crippen molar-refractivity contribution in [3.8, 4) is 5.75 Å². The molecule has 0 saturated heterocycles. The summed E-state index contributed by atoms with van der Waals surface area (Å²) in [6.45, 7) is -3.27. The molecule has 0 spiro atoms. The SMILES string of the molecule is Nc1ccccc1NC(=O)c1cc2cc(C(F)F)c(OC(F)F)cc2o1. The van der Waals surface area contributed by atoms with Gasteiger partial charge < -0.3 is 20.2 Å². The van der Waals surface area contributed by atoms with Gasteiger partial charge in [-0.05, 0) is 24.3 Å². The van der Waals surface area contributed by atoms with Gasteiger partial charge in [0.05, 0.1) is 16.9 Å². The van der Waals surface area contributed by atoms with Gasteiger partial charge in [0.1, 0.15) is 11.3 Å². The fourth-order valence-electron chi connectivity index (χ4n) is 2.36. The number of carbonyl (C=O) groups excluding carboxylic acids is 1. The number of amides is 1.